The molecule has 0 unspecified atom stereocenters. The van der Waals surface area contributed by atoms with Gasteiger partial charge in [0.05, 0.1) is 13.7 Å². The molecule has 3 rings (SSSR count). The lowest BCUT2D eigenvalue weighted by Crippen LogP contribution is -2.14. The van der Waals surface area contributed by atoms with E-state index in [1.807, 2.05) is 60.0 Å². The molecule has 0 amide bonds. The van der Waals surface area contributed by atoms with E-state index < -0.39 is 0 Å². The Morgan fingerprint density at radius 3 is 2.52 bits per heavy atom. The Morgan fingerprint density at radius 2 is 1.83 bits per heavy atom. The highest BCUT2D eigenvalue weighted by Gasteiger charge is 2.14. The van der Waals surface area contributed by atoms with Gasteiger partial charge in [0, 0.05) is 16.6 Å². The third-order valence-electron chi connectivity index (χ3n) is 3.79. The second-order valence-electron chi connectivity index (χ2n) is 5.21. The van der Waals surface area contributed by atoms with Gasteiger partial charge in [0.2, 0.25) is 0 Å². The molecule has 0 aliphatic carbocycles. The minimum Gasteiger partial charge on any atom is -0.497 e. The lowest BCUT2D eigenvalue weighted by atomic mass is 10.1. The fourth-order valence-electron chi connectivity index (χ4n) is 2.72. The Balaban J connectivity index is 2.08. The van der Waals surface area contributed by atoms with Gasteiger partial charge >= 0.3 is 5.97 Å². The first kappa shape index (κ1) is 15.2. The van der Waals surface area contributed by atoms with Crippen molar-refractivity contribution in [3.63, 3.8) is 0 Å². The van der Waals surface area contributed by atoms with Crippen LogP contribution in [0.1, 0.15) is 6.92 Å². The highest BCUT2D eigenvalue weighted by Crippen LogP contribution is 2.29. The van der Waals surface area contributed by atoms with Crippen molar-refractivity contribution in [1.82, 2.24) is 4.57 Å². The zero-order valence-corrected chi connectivity index (χ0v) is 13.3. The summed E-state index contributed by atoms with van der Waals surface area (Å²) in [6.45, 7) is 2.40. The average molecular weight is 309 g/mol. The lowest BCUT2D eigenvalue weighted by Gasteiger charge is -2.11. The van der Waals surface area contributed by atoms with Crippen LogP contribution in [0.2, 0.25) is 0 Å². The fraction of sp³-hybridized carbons (Fsp3) is 0.211. The van der Waals surface area contributed by atoms with Crippen LogP contribution in [0.25, 0.3) is 22.2 Å². The van der Waals surface area contributed by atoms with Crippen LogP contribution in [0.5, 0.6) is 5.75 Å². The molecule has 1 heterocycles. The summed E-state index contributed by atoms with van der Waals surface area (Å²) in [5, 5.41) is 1.10. The van der Waals surface area contributed by atoms with Gasteiger partial charge in [-0.3, -0.25) is 4.79 Å². The molecule has 0 bridgehead atoms. The molecule has 0 aliphatic rings. The summed E-state index contributed by atoms with van der Waals surface area (Å²) >= 11 is 0. The second-order valence-corrected chi connectivity index (χ2v) is 5.21. The first-order valence-electron chi connectivity index (χ1n) is 7.61. The van der Waals surface area contributed by atoms with Gasteiger partial charge in [0.1, 0.15) is 12.3 Å². The number of hydrogen-bond acceptors (Lipinski definition) is 3. The first-order chi connectivity index (χ1) is 11.2. The number of para-hydroxylation sites is 1. The van der Waals surface area contributed by atoms with E-state index in [4.69, 9.17) is 9.47 Å². The largest absolute Gasteiger partial charge is 0.497 e. The molecule has 3 aromatic rings. The predicted octanol–water partition coefficient (Wildman–Crippen LogP) is 3.88. The van der Waals surface area contributed by atoms with E-state index >= 15 is 0 Å². The quantitative estimate of drug-likeness (QED) is 0.672. The van der Waals surface area contributed by atoms with E-state index in [9.17, 15) is 4.79 Å². The van der Waals surface area contributed by atoms with Gasteiger partial charge in [-0.1, -0.05) is 18.2 Å². The number of ether oxygens (including phenoxy) is 2. The summed E-state index contributed by atoms with van der Waals surface area (Å²) in [7, 11) is 1.65. The van der Waals surface area contributed by atoms with Crippen LogP contribution in [0.3, 0.4) is 0 Å². The van der Waals surface area contributed by atoms with Crippen molar-refractivity contribution in [1.29, 1.82) is 0 Å². The molecule has 4 heteroatoms. The topological polar surface area (TPSA) is 40.5 Å². The van der Waals surface area contributed by atoms with Crippen molar-refractivity contribution in [3.05, 3.63) is 54.6 Å². The molecule has 0 fully saturated rings. The van der Waals surface area contributed by atoms with Crippen molar-refractivity contribution < 1.29 is 14.3 Å². The molecule has 2 aromatic carbocycles. The van der Waals surface area contributed by atoms with E-state index in [1.165, 1.54) is 0 Å². The van der Waals surface area contributed by atoms with E-state index in [2.05, 4.69) is 6.07 Å². The number of nitrogens with zero attached hydrogens (tertiary/aromatic N) is 1. The fourth-order valence-corrected chi connectivity index (χ4v) is 2.72. The van der Waals surface area contributed by atoms with Crippen LogP contribution in [0.15, 0.2) is 54.6 Å². The number of aromatic nitrogens is 1. The molecule has 23 heavy (non-hydrogen) atoms. The summed E-state index contributed by atoms with van der Waals surface area (Å²) in [4.78, 5) is 12.0. The van der Waals surface area contributed by atoms with Gasteiger partial charge in [-0.2, -0.15) is 0 Å². The summed E-state index contributed by atoms with van der Waals surface area (Å²) < 4.78 is 12.3. The number of carbonyl (C=O) groups excluding carboxylic acids is 1. The Labute approximate surface area is 135 Å². The Morgan fingerprint density at radius 1 is 1.09 bits per heavy atom. The second kappa shape index (κ2) is 6.57. The normalized spacial score (nSPS) is 10.7. The molecule has 118 valence electrons. The molecule has 0 spiro atoms. The third kappa shape index (κ3) is 3.06. The van der Waals surface area contributed by atoms with Crippen molar-refractivity contribution in [2.75, 3.05) is 13.7 Å². The van der Waals surface area contributed by atoms with E-state index in [-0.39, 0.29) is 12.5 Å². The minimum atomic E-state index is -0.233. The van der Waals surface area contributed by atoms with Crippen LogP contribution < -0.4 is 4.74 Å². The van der Waals surface area contributed by atoms with Crippen LogP contribution in [0.4, 0.5) is 0 Å². The molecular formula is C19H19NO3. The zero-order chi connectivity index (χ0) is 16.2. The van der Waals surface area contributed by atoms with Gasteiger partial charge in [-0.15, -0.1) is 0 Å². The molecule has 0 saturated heterocycles. The SMILES string of the molecule is CCOC(=O)Cn1c(-c2ccc(OC)cc2)cc2ccccc21. The molecule has 4 nitrogen and oxygen atoms in total. The smallest absolute Gasteiger partial charge is 0.325 e. The highest BCUT2D eigenvalue weighted by atomic mass is 16.5. The Kier molecular flexibility index (Phi) is 4.33. The minimum absolute atomic E-state index is 0.197. The van der Waals surface area contributed by atoms with Crippen molar-refractivity contribution in [3.8, 4) is 17.0 Å². The van der Waals surface area contributed by atoms with E-state index in [1.54, 1.807) is 7.11 Å². The molecule has 0 saturated carbocycles. The number of hydrogen-bond donors (Lipinski definition) is 0. The zero-order valence-electron chi connectivity index (χ0n) is 13.3. The number of fused-ring (bicyclic) bond motifs is 1. The number of carbonyl (C=O) groups is 1. The number of rotatable bonds is 5. The Bertz CT molecular complexity index is 818. The van der Waals surface area contributed by atoms with Crippen molar-refractivity contribution in [2.24, 2.45) is 0 Å². The Hall–Kier alpha value is -2.75. The van der Waals surface area contributed by atoms with Crippen LogP contribution in [-0.2, 0) is 16.1 Å². The predicted molar refractivity (Wildman–Crippen MR) is 90.6 cm³/mol. The number of methoxy groups -OCH3 is 1. The van der Waals surface area contributed by atoms with Crippen LogP contribution in [0, 0.1) is 0 Å². The molecule has 0 aliphatic heterocycles. The van der Waals surface area contributed by atoms with Gasteiger partial charge in [-0.05, 0) is 48.9 Å². The van der Waals surface area contributed by atoms with Gasteiger partial charge in [0.25, 0.3) is 0 Å². The third-order valence-corrected chi connectivity index (χ3v) is 3.79. The maximum absolute atomic E-state index is 12.0. The summed E-state index contributed by atoms with van der Waals surface area (Å²) in [5.74, 6) is 0.574. The standard InChI is InChI=1S/C19H19NO3/c1-3-23-19(21)13-20-17-7-5-4-6-15(17)12-18(20)14-8-10-16(22-2)11-9-14/h4-12H,3,13H2,1-2H3. The maximum atomic E-state index is 12.0. The van der Waals surface area contributed by atoms with Crippen LogP contribution >= 0.6 is 0 Å². The molecule has 1 aromatic heterocycles. The molecule has 0 atom stereocenters. The first-order valence-corrected chi connectivity index (χ1v) is 7.61. The van der Waals surface area contributed by atoms with E-state index in [0.29, 0.717) is 6.61 Å². The number of esters is 1. The van der Waals surface area contributed by atoms with Gasteiger partial charge in [-0.25, -0.2) is 0 Å². The molecule has 0 N–H and O–H groups in total. The lowest BCUT2D eigenvalue weighted by molar-refractivity contribution is -0.143. The molecule has 0 radical (unpaired) electrons. The van der Waals surface area contributed by atoms with Crippen LogP contribution in [-0.4, -0.2) is 24.3 Å². The summed E-state index contributed by atoms with van der Waals surface area (Å²) in [6, 6.07) is 17.9. The average Bonchev–Trinajstić information content (AvgIpc) is 2.94. The van der Waals surface area contributed by atoms with Gasteiger partial charge < -0.3 is 14.0 Å². The van der Waals surface area contributed by atoms with Crippen molar-refractivity contribution >= 4 is 16.9 Å². The van der Waals surface area contributed by atoms with Gasteiger partial charge in [0.15, 0.2) is 0 Å². The van der Waals surface area contributed by atoms with Crippen molar-refractivity contribution in [2.45, 2.75) is 13.5 Å². The summed E-state index contributed by atoms with van der Waals surface area (Å²) in [5.41, 5.74) is 3.04. The van der Waals surface area contributed by atoms with E-state index in [0.717, 1.165) is 27.9 Å². The highest BCUT2D eigenvalue weighted by molar-refractivity contribution is 5.88. The number of benzene rings is 2. The molecular weight excluding hydrogens is 290 g/mol. The maximum Gasteiger partial charge on any atom is 0.325 e. The monoisotopic (exact) mass is 309 g/mol. The summed E-state index contributed by atoms with van der Waals surface area (Å²) in [6.07, 6.45) is 0.